The number of hydrogen-bond donors (Lipinski definition) is 2. The van der Waals surface area contributed by atoms with Gasteiger partial charge in [0.2, 0.25) is 0 Å². The van der Waals surface area contributed by atoms with E-state index in [0.29, 0.717) is 12.2 Å². The summed E-state index contributed by atoms with van der Waals surface area (Å²) in [5.41, 5.74) is 1.86. The second-order valence-electron chi connectivity index (χ2n) is 6.33. The third kappa shape index (κ3) is 6.24. The topological polar surface area (TPSA) is 64.9 Å². The standard InChI is InChI=1S/C24H20BrN3OS/c25-21-11-5-4-8-18(21)14-15-27-17-19(16-26)24(29)28-22-12-6-7-13-23(22)30-20-9-2-1-3-10-20/h1-13,17,27H,14-15H2,(H,28,29)/b19-17-. The molecule has 0 aliphatic carbocycles. The number of carbonyl (C=O) groups excluding carboxylic acids is 1. The Morgan fingerprint density at radius 2 is 1.70 bits per heavy atom. The first-order chi connectivity index (χ1) is 14.7. The minimum absolute atomic E-state index is 0.0293. The van der Waals surface area contributed by atoms with E-state index in [1.807, 2.05) is 84.9 Å². The average Bonchev–Trinajstić information content (AvgIpc) is 2.77. The maximum Gasteiger partial charge on any atom is 0.267 e. The van der Waals surface area contributed by atoms with Gasteiger partial charge in [-0.15, -0.1) is 0 Å². The average molecular weight is 478 g/mol. The molecule has 1 amide bonds. The van der Waals surface area contributed by atoms with Gasteiger partial charge in [-0.05, 0) is 42.3 Å². The van der Waals surface area contributed by atoms with Gasteiger partial charge in [-0.25, -0.2) is 0 Å². The van der Waals surface area contributed by atoms with Crippen molar-refractivity contribution >= 4 is 39.3 Å². The molecule has 6 heteroatoms. The summed E-state index contributed by atoms with van der Waals surface area (Å²) in [6.07, 6.45) is 2.24. The molecule has 0 saturated carbocycles. The number of amides is 1. The van der Waals surface area contributed by atoms with Crippen LogP contribution in [0.15, 0.2) is 105 Å². The van der Waals surface area contributed by atoms with E-state index in [9.17, 15) is 10.1 Å². The molecule has 0 unspecified atom stereocenters. The van der Waals surface area contributed by atoms with Gasteiger partial charge in [-0.2, -0.15) is 5.26 Å². The van der Waals surface area contributed by atoms with Gasteiger partial charge in [0.05, 0.1) is 5.69 Å². The van der Waals surface area contributed by atoms with E-state index in [1.54, 1.807) is 11.8 Å². The lowest BCUT2D eigenvalue weighted by molar-refractivity contribution is -0.112. The molecule has 0 aromatic heterocycles. The summed E-state index contributed by atoms with van der Waals surface area (Å²) in [6.45, 7) is 0.613. The number of rotatable bonds is 8. The van der Waals surface area contributed by atoms with E-state index >= 15 is 0 Å². The molecule has 150 valence electrons. The fourth-order valence-electron chi connectivity index (χ4n) is 2.69. The van der Waals surface area contributed by atoms with Gasteiger partial charge >= 0.3 is 0 Å². The van der Waals surface area contributed by atoms with Gasteiger partial charge in [-0.3, -0.25) is 4.79 Å². The Morgan fingerprint density at radius 1 is 1.00 bits per heavy atom. The van der Waals surface area contributed by atoms with Gasteiger partial charge in [0.25, 0.3) is 5.91 Å². The van der Waals surface area contributed by atoms with Crippen LogP contribution in [0, 0.1) is 11.3 Å². The van der Waals surface area contributed by atoms with Crippen molar-refractivity contribution in [2.24, 2.45) is 0 Å². The molecule has 0 saturated heterocycles. The van der Waals surface area contributed by atoms with Gasteiger partial charge in [0.1, 0.15) is 11.6 Å². The molecule has 0 heterocycles. The highest BCUT2D eigenvalue weighted by atomic mass is 79.9. The quantitative estimate of drug-likeness (QED) is 0.245. The van der Waals surface area contributed by atoms with Crippen molar-refractivity contribution < 1.29 is 4.79 Å². The lowest BCUT2D eigenvalue weighted by Gasteiger charge is -2.10. The van der Waals surface area contributed by atoms with Crippen molar-refractivity contribution in [1.29, 1.82) is 5.26 Å². The van der Waals surface area contributed by atoms with Gasteiger partial charge in [-0.1, -0.05) is 76.2 Å². The highest BCUT2D eigenvalue weighted by Gasteiger charge is 2.12. The minimum Gasteiger partial charge on any atom is -0.389 e. The van der Waals surface area contributed by atoms with E-state index in [2.05, 4.69) is 26.6 Å². The van der Waals surface area contributed by atoms with Crippen LogP contribution in [-0.2, 0) is 11.2 Å². The van der Waals surface area contributed by atoms with E-state index in [4.69, 9.17) is 0 Å². The second kappa shape index (κ2) is 11.2. The molecule has 0 aliphatic rings. The zero-order chi connectivity index (χ0) is 21.2. The minimum atomic E-state index is -0.438. The number of para-hydroxylation sites is 1. The molecule has 0 aliphatic heterocycles. The zero-order valence-electron chi connectivity index (χ0n) is 16.1. The number of anilines is 1. The van der Waals surface area contributed by atoms with Crippen molar-refractivity contribution in [3.8, 4) is 6.07 Å². The third-order valence-corrected chi connectivity index (χ3v) is 6.07. The molecule has 0 atom stereocenters. The van der Waals surface area contributed by atoms with E-state index in [0.717, 1.165) is 26.2 Å². The molecular weight excluding hydrogens is 458 g/mol. The Hall–Kier alpha value is -3.01. The van der Waals surface area contributed by atoms with Crippen LogP contribution in [0.4, 0.5) is 5.69 Å². The SMILES string of the molecule is N#C/C(=C/NCCc1ccccc1Br)C(=O)Nc1ccccc1Sc1ccccc1. The number of nitrogens with one attached hydrogen (secondary N) is 2. The zero-order valence-corrected chi connectivity index (χ0v) is 18.5. The van der Waals surface area contributed by atoms with Crippen molar-refractivity contribution in [1.82, 2.24) is 5.32 Å². The van der Waals surface area contributed by atoms with Crippen LogP contribution in [-0.4, -0.2) is 12.5 Å². The Kier molecular flexibility index (Phi) is 8.13. The fraction of sp³-hybridized carbons (Fsp3) is 0.0833. The summed E-state index contributed by atoms with van der Waals surface area (Å²) in [7, 11) is 0. The van der Waals surface area contributed by atoms with E-state index < -0.39 is 5.91 Å². The van der Waals surface area contributed by atoms with E-state index in [-0.39, 0.29) is 5.57 Å². The first-order valence-corrected chi connectivity index (χ1v) is 11.0. The van der Waals surface area contributed by atoms with Crippen LogP contribution in [0.3, 0.4) is 0 Å². The van der Waals surface area contributed by atoms with Crippen LogP contribution in [0.25, 0.3) is 0 Å². The van der Waals surface area contributed by atoms with Crippen LogP contribution in [0.5, 0.6) is 0 Å². The summed E-state index contributed by atoms with van der Waals surface area (Å²) in [6, 6.07) is 27.4. The summed E-state index contributed by atoms with van der Waals surface area (Å²) in [4.78, 5) is 14.6. The van der Waals surface area contributed by atoms with Crippen molar-refractivity contribution in [2.45, 2.75) is 16.2 Å². The van der Waals surface area contributed by atoms with Crippen LogP contribution in [0.2, 0.25) is 0 Å². The molecule has 4 nitrogen and oxygen atoms in total. The highest BCUT2D eigenvalue weighted by molar-refractivity contribution is 9.10. The normalized spacial score (nSPS) is 10.9. The second-order valence-corrected chi connectivity index (χ2v) is 8.30. The number of nitriles is 1. The summed E-state index contributed by atoms with van der Waals surface area (Å²) >= 11 is 5.08. The summed E-state index contributed by atoms with van der Waals surface area (Å²) in [5.74, 6) is -0.438. The van der Waals surface area contributed by atoms with E-state index in [1.165, 1.54) is 6.20 Å². The van der Waals surface area contributed by atoms with Crippen molar-refractivity contribution in [2.75, 3.05) is 11.9 Å². The van der Waals surface area contributed by atoms with Gasteiger partial charge in [0.15, 0.2) is 0 Å². The molecule has 2 N–H and O–H groups in total. The van der Waals surface area contributed by atoms with Gasteiger partial charge in [0, 0.05) is 27.0 Å². The van der Waals surface area contributed by atoms with Crippen molar-refractivity contribution in [3.63, 3.8) is 0 Å². The number of hydrogen-bond acceptors (Lipinski definition) is 4. The molecule has 3 aromatic carbocycles. The number of nitrogens with zero attached hydrogens (tertiary/aromatic N) is 1. The molecule has 3 rings (SSSR count). The van der Waals surface area contributed by atoms with Crippen LogP contribution < -0.4 is 10.6 Å². The first-order valence-electron chi connectivity index (χ1n) is 9.37. The molecular formula is C24H20BrN3OS. The molecule has 0 fully saturated rings. The number of benzene rings is 3. The lowest BCUT2D eigenvalue weighted by atomic mass is 10.1. The maximum atomic E-state index is 12.6. The Balaban J connectivity index is 1.62. The predicted molar refractivity (Wildman–Crippen MR) is 125 cm³/mol. The monoisotopic (exact) mass is 477 g/mol. The Labute approximate surface area is 189 Å². The van der Waals surface area contributed by atoms with Gasteiger partial charge < -0.3 is 10.6 Å². The number of halogens is 1. The third-order valence-electron chi connectivity index (χ3n) is 4.21. The molecule has 0 bridgehead atoms. The molecule has 30 heavy (non-hydrogen) atoms. The molecule has 0 spiro atoms. The fourth-order valence-corrected chi connectivity index (χ4v) is 4.10. The summed E-state index contributed by atoms with van der Waals surface area (Å²) < 4.78 is 1.04. The van der Waals surface area contributed by atoms with Crippen molar-refractivity contribution in [3.05, 3.63) is 101 Å². The lowest BCUT2D eigenvalue weighted by Crippen LogP contribution is -2.18. The van der Waals surface area contributed by atoms with Crippen LogP contribution >= 0.6 is 27.7 Å². The molecule has 3 aromatic rings. The largest absolute Gasteiger partial charge is 0.389 e. The molecule has 0 radical (unpaired) electrons. The Bertz CT molecular complexity index is 1080. The first kappa shape index (κ1) is 21.7. The highest BCUT2D eigenvalue weighted by Crippen LogP contribution is 2.33. The smallest absolute Gasteiger partial charge is 0.267 e. The summed E-state index contributed by atoms with van der Waals surface area (Å²) in [5, 5.41) is 15.3. The predicted octanol–water partition coefficient (Wildman–Crippen LogP) is 5.78. The maximum absolute atomic E-state index is 12.6. The van der Waals surface area contributed by atoms with Crippen LogP contribution in [0.1, 0.15) is 5.56 Å². The number of carbonyl (C=O) groups is 1. The Morgan fingerprint density at radius 3 is 2.47 bits per heavy atom.